The van der Waals surface area contributed by atoms with Gasteiger partial charge in [-0.15, -0.1) is 0 Å². The largest absolute Gasteiger partial charge is 0.396 e. The van der Waals surface area contributed by atoms with Gasteiger partial charge in [-0.25, -0.2) is 0 Å². The van der Waals surface area contributed by atoms with Crippen molar-refractivity contribution in [2.75, 3.05) is 19.7 Å². The third kappa shape index (κ3) is 3.23. The molecule has 4 N–H and O–H groups in total. The topological polar surface area (TPSA) is 58.3 Å². The summed E-state index contributed by atoms with van der Waals surface area (Å²) in [6.45, 7) is 6.06. The second kappa shape index (κ2) is 5.10. The highest BCUT2D eigenvalue weighted by Gasteiger charge is 2.27. The molecule has 0 saturated heterocycles. The Hall–Kier alpha value is -0.120. The van der Waals surface area contributed by atoms with Gasteiger partial charge in [0.25, 0.3) is 0 Å². The molecule has 0 aromatic carbocycles. The van der Waals surface area contributed by atoms with Crippen LogP contribution < -0.4 is 11.1 Å². The monoisotopic (exact) mass is 200 g/mol. The minimum Gasteiger partial charge on any atom is -0.396 e. The maximum atomic E-state index is 9.13. The quantitative estimate of drug-likeness (QED) is 0.613. The van der Waals surface area contributed by atoms with Crippen LogP contribution in [0.4, 0.5) is 0 Å². The third-order valence-electron chi connectivity index (χ3n) is 3.23. The summed E-state index contributed by atoms with van der Waals surface area (Å²) >= 11 is 0. The summed E-state index contributed by atoms with van der Waals surface area (Å²) in [6, 6.07) is 0.575. The summed E-state index contributed by atoms with van der Waals surface area (Å²) in [5.74, 6) is 0.643. The Bertz CT molecular complexity index is 171. The van der Waals surface area contributed by atoms with Gasteiger partial charge in [-0.1, -0.05) is 20.3 Å². The van der Waals surface area contributed by atoms with E-state index in [1.165, 1.54) is 19.3 Å². The Morgan fingerprint density at radius 3 is 2.71 bits per heavy atom. The smallest absolute Gasteiger partial charge is 0.0494 e. The zero-order chi connectivity index (χ0) is 10.6. The molecule has 0 bridgehead atoms. The van der Waals surface area contributed by atoms with Crippen molar-refractivity contribution in [3.63, 3.8) is 0 Å². The van der Waals surface area contributed by atoms with E-state index in [-0.39, 0.29) is 12.0 Å². The molecule has 0 aromatic heterocycles. The Morgan fingerprint density at radius 2 is 2.14 bits per heavy atom. The lowest BCUT2D eigenvalue weighted by Crippen LogP contribution is -2.42. The number of nitrogens with two attached hydrogens (primary N) is 1. The molecule has 14 heavy (non-hydrogen) atoms. The van der Waals surface area contributed by atoms with Crippen LogP contribution in [0.2, 0.25) is 0 Å². The maximum absolute atomic E-state index is 9.13. The Labute approximate surface area is 87.1 Å². The first-order valence-corrected chi connectivity index (χ1v) is 5.63. The van der Waals surface area contributed by atoms with Crippen LogP contribution in [0.1, 0.15) is 33.1 Å². The fraction of sp³-hybridized carbons (Fsp3) is 1.00. The highest BCUT2D eigenvalue weighted by Crippen LogP contribution is 2.25. The second-order valence-corrected chi connectivity index (χ2v) is 5.24. The fourth-order valence-corrected chi connectivity index (χ4v) is 2.05. The maximum Gasteiger partial charge on any atom is 0.0494 e. The third-order valence-corrected chi connectivity index (χ3v) is 3.23. The van der Waals surface area contributed by atoms with Gasteiger partial charge in [0, 0.05) is 24.6 Å². The van der Waals surface area contributed by atoms with Gasteiger partial charge in [-0.2, -0.15) is 0 Å². The summed E-state index contributed by atoms with van der Waals surface area (Å²) in [5, 5.41) is 12.7. The molecule has 2 unspecified atom stereocenters. The molecule has 3 nitrogen and oxygen atoms in total. The van der Waals surface area contributed by atoms with Crippen molar-refractivity contribution in [2.24, 2.45) is 17.1 Å². The van der Waals surface area contributed by atoms with Crippen molar-refractivity contribution in [2.45, 2.75) is 39.2 Å². The van der Waals surface area contributed by atoms with Crippen LogP contribution >= 0.6 is 0 Å². The van der Waals surface area contributed by atoms with E-state index in [0.717, 1.165) is 13.1 Å². The van der Waals surface area contributed by atoms with Gasteiger partial charge >= 0.3 is 0 Å². The molecule has 1 saturated carbocycles. The first-order chi connectivity index (χ1) is 6.59. The van der Waals surface area contributed by atoms with Crippen molar-refractivity contribution in [3.05, 3.63) is 0 Å². The highest BCUT2D eigenvalue weighted by molar-refractivity contribution is 4.85. The normalized spacial score (nSPS) is 28.3. The average molecular weight is 200 g/mol. The molecular formula is C11H24N2O. The summed E-state index contributed by atoms with van der Waals surface area (Å²) in [4.78, 5) is 0. The van der Waals surface area contributed by atoms with E-state index in [0.29, 0.717) is 12.0 Å². The van der Waals surface area contributed by atoms with Crippen molar-refractivity contribution in [1.82, 2.24) is 5.32 Å². The van der Waals surface area contributed by atoms with Gasteiger partial charge in [0.1, 0.15) is 0 Å². The van der Waals surface area contributed by atoms with Gasteiger partial charge in [0.15, 0.2) is 0 Å². The molecule has 0 spiro atoms. The van der Waals surface area contributed by atoms with Crippen LogP contribution in [0.15, 0.2) is 0 Å². The number of aliphatic hydroxyl groups is 1. The lowest BCUT2D eigenvalue weighted by atomic mass is 9.93. The van der Waals surface area contributed by atoms with Crippen molar-refractivity contribution in [3.8, 4) is 0 Å². The SMILES string of the molecule is CC(C)(CO)CNC1CCCC1CN. The van der Waals surface area contributed by atoms with E-state index in [4.69, 9.17) is 10.8 Å². The zero-order valence-electron chi connectivity index (χ0n) is 9.42. The van der Waals surface area contributed by atoms with Gasteiger partial charge < -0.3 is 16.2 Å². The lowest BCUT2D eigenvalue weighted by molar-refractivity contribution is 0.150. The van der Waals surface area contributed by atoms with E-state index in [9.17, 15) is 0 Å². The van der Waals surface area contributed by atoms with Gasteiger partial charge in [-0.3, -0.25) is 0 Å². The predicted molar refractivity (Wildman–Crippen MR) is 59.1 cm³/mol. The summed E-state index contributed by atoms with van der Waals surface area (Å²) in [6.07, 6.45) is 3.79. The standard InChI is InChI=1S/C11H24N2O/c1-11(2,8-14)7-13-10-5-3-4-9(10)6-12/h9-10,13-14H,3-8,12H2,1-2H3. The first kappa shape index (κ1) is 12.0. The molecule has 1 aliphatic rings. The van der Waals surface area contributed by atoms with Crippen LogP contribution in [-0.4, -0.2) is 30.8 Å². The van der Waals surface area contributed by atoms with Gasteiger partial charge in [0.2, 0.25) is 0 Å². The molecule has 0 heterocycles. The van der Waals surface area contributed by atoms with Crippen LogP contribution in [0.25, 0.3) is 0 Å². The molecule has 3 heteroatoms. The Balaban J connectivity index is 2.30. The summed E-state index contributed by atoms with van der Waals surface area (Å²) in [7, 11) is 0. The number of hydrogen-bond acceptors (Lipinski definition) is 3. The van der Waals surface area contributed by atoms with Crippen molar-refractivity contribution >= 4 is 0 Å². The van der Waals surface area contributed by atoms with Crippen molar-refractivity contribution < 1.29 is 5.11 Å². The van der Waals surface area contributed by atoms with Gasteiger partial charge in [-0.05, 0) is 25.3 Å². The number of rotatable bonds is 5. The average Bonchev–Trinajstić information content (AvgIpc) is 2.62. The molecule has 2 atom stereocenters. The summed E-state index contributed by atoms with van der Waals surface area (Å²) in [5.41, 5.74) is 5.69. The molecular weight excluding hydrogens is 176 g/mol. The minimum absolute atomic E-state index is 0.0122. The molecule has 0 aromatic rings. The predicted octanol–water partition coefficient (Wildman–Crippen LogP) is 0.722. The minimum atomic E-state index is -0.0122. The molecule has 0 radical (unpaired) electrons. The Morgan fingerprint density at radius 1 is 1.43 bits per heavy atom. The highest BCUT2D eigenvalue weighted by atomic mass is 16.3. The van der Waals surface area contributed by atoms with Gasteiger partial charge in [0.05, 0.1) is 0 Å². The molecule has 0 amide bonds. The summed E-state index contributed by atoms with van der Waals surface area (Å²) < 4.78 is 0. The van der Waals surface area contributed by atoms with E-state index < -0.39 is 0 Å². The fourth-order valence-electron chi connectivity index (χ4n) is 2.05. The number of nitrogens with one attached hydrogen (secondary N) is 1. The zero-order valence-corrected chi connectivity index (χ0v) is 9.42. The van der Waals surface area contributed by atoms with E-state index in [2.05, 4.69) is 19.2 Å². The van der Waals surface area contributed by atoms with Crippen LogP contribution in [0.3, 0.4) is 0 Å². The van der Waals surface area contributed by atoms with Crippen LogP contribution in [0.5, 0.6) is 0 Å². The van der Waals surface area contributed by atoms with Crippen molar-refractivity contribution in [1.29, 1.82) is 0 Å². The van der Waals surface area contributed by atoms with Crippen LogP contribution in [-0.2, 0) is 0 Å². The molecule has 0 aliphatic heterocycles. The van der Waals surface area contributed by atoms with E-state index in [1.807, 2.05) is 0 Å². The molecule has 1 rings (SSSR count). The number of aliphatic hydroxyl groups excluding tert-OH is 1. The molecule has 1 fully saturated rings. The molecule has 1 aliphatic carbocycles. The van der Waals surface area contributed by atoms with E-state index >= 15 is 0 Å². The lowest BCUT2D eigenvalue weighted by Gasteiger charge is -2.27. The molecule has 84 valence electrons. The first-order valence-electron chi connectivity index (χ1n) is 5.63. The number of hydrogen-bond donors (Lipinski definition) is 3. The van der Waals surface area contributed by atoms with Crippen LogP contribution in [0, 0.1) is 11.3 Å². The Kier molecular flexibility index (Phi) is 4.35. The second-order valence-electron chi connectivity index (χ2n) is 5.24. The van der Waals surface area contributed by atoms with E-state index in [1.54, 1.807) is 0 Å².